The molecule has 0 saturated carbocycles. The Morgan fingerprint density at radius 1 is 0.931 bits per heavy atom. The van der Waals surface area contributed by atoms with E-state index in [1.54, 1.807) is 18.2 Å². The van der Waals surface area contributed by atoms with Crippen LogP contribution in [0, 0.1) is 6.92 Å². The maximum atomic E-state index is 12.5. The number of hydrogen-bond acceptors (Lipinski definition) is 7. The quantitative estimate of drug-likeness (QED) is 0.438. The first-order valence-corrected chi connectivity index (χ1v) is 10.2. The number of aryl methyl sites for hydroxylation is 1. The molecule has 0 atom stereocenters. The summed E-state index contributed by atoms with van der Waals surface area (Å²) in [4.78, 5) is 23.9. The monoisotopic (exact) mass is 416 g/mol. The average molecular weight is 416 g/mol. The second kappa shape index (κ2) is 7.59. The third-order valence-corrected chi connectivity index (χ3v) is 5.33. The average Bonchev–Trinajstić information content (AvgIpc) is 2.60. The van der Waals surface area contributed by atoms with Crippen molar-refractivity contribution in [3.8, 4) is 0 Å². The summed E-state index contributed by atoms with van der Waals surface area (Å²) in [6.07, 6.45) is 1.16. The number of nitrogens with one attached hydrogen (secondary N) is 2. The Morgan fingerprint density at radius 3 is 2.14 bits per heavy atom. The van der Waals surface area contributed by atoms with Crippen LogP contribution >= 0.6 is 0 Å². The molecule has 0 unspecified atom stereocenters. The second-order valence-electron chi connectivity index (χ2n) is 6.88. The normalized spacial score (nSPS) is 15.9. The Bertz CT molecular complexity index is 1070. The van der Waals surface area contributed by atoms with Gasteiger partial charge in [0.2, 0.25) is 0 Å². The summed E-state index contributed by atoms with van der Waals surface area (Å²) in [5.74, 6) is -2.92. The molecule has 29 heavy (non-hydrogen) atoms. The van der Waals surface area contributed by atoms with Crippen LogP contribution < -0.4 is 10.0 Å². The number of benzene rings is 2. The molecule has 2 aromatic rings. The number of cyclic esters (lactones) is 2. The summed E-state index contributed by atoms with van der Waals surface area (Å²) in [6, 6.07) is 12.8. The molecule has 2 aromatic carbocycles. The summed E-state index contributed by atoms with van der Waals surface area (Å²) < 4.78 is 37.5. The van der Waals surface area contributed by atoms with Crippen LogP contribution in [0.5, 0.6) is 0 Å². The van der Waals surface area contributed by atoms with Crippen molar-refractivity contribution in [3.05, 3.63) is 65.9 Å². The minimum atomic E-state index is -3.75. The Balaban J connectivity index is 1.72. The zero-order valence-electron chi connectivity index (χ0n) is 16.1. The van der Waals surface area contributed by atoms with Gasteiger partial charge in [0.05, 0.1) is 4.90 Å². The van der Waals surface area contributed by atoms with Crippen molar-refractivity contribution >= 4 is 33.3 Å². The van der Waals surface area contributed by atoms with Gasteiger partial charge >= 0.3 is 11.9 Å². The van der Waals surface area contributed by atoms with Crippen molar-refractivity contribution < 1.29 is 27.5 Å². The molecular weight excluding hydrogens is 396 g/mol. The van der Waals surface area contributed by atoms with Crippen LogP contribution in [0.2, 0.25) is 0 Å². The van der Waals surface area contributed by atoms with E-state index in [0.29, 0.717) is 11.4 Å². The van der Waals surface area contributed by atoms with Crippen LogP contribution in [0.1, 0.15) is 19.4 Å². The molecule has 1 aliphatic rings. The van der Waals surface area contributed by atoms with Crippen LogP contribution in [-0.2, 0) is 29.1 Å². The number of rotatable bonds is 5. The van der Waals surface area contributed by atoms with E-state index >= 15 is 0 Å². The van der Waals surface area contributed by atoms with Crippen molar-refractivity contribution in [3.63, 3.8) is 0 Å². The first-order chi connectivity index (χ1) is 13.6. The van der Waals surface area contributed by atoms with Gasteiger partial charge in [-0.3, -0.25) is 4.72 Å². The fourth-order valence-corrected chi connectivity index (χ4v) is 3.64. The van der Waals surface area contributed by atoms with Gasteiger partial charge in [-0.05, 0) is 48.9 Å². The smallest absolute Gasteiger partial charge is 0.350 e. The van der Waals surface area contributed by atoms with Crippen molar-refractivity contribution in [2.24, 2.45) is 0 Å². The fraction of sp³-hybridized carbons (Fsp3) is 0.200. The number of carbonyl (C=O) groups is 2. The summed E-state index contributed by atoms with van der Waals surface area (Å²) in [5, 5.41) is 2.76. The molecule has 3 rings (SSSR count). The number of ether oxygens (including phenoxy) is 2. The van der Waals surface area contributed by atoms with Crippen molar-refractivity contribution in [1.82, 2.24) is 0 Å². The highest BCUT2D eigenvalue weighted by Gasteiger charge is 2.38. The maximum absolute atomic E-state index is 12.5. The van der Waals surface area contributed by atoms with Gasteiger partial charge in [-0.1, -0.05) is 12.1 Å². The Hall–Kier alpha value is -3.33. The maximum Gasteiger partial charge on any atom is 0.350 e. The summed E-state index contributed by atoms with van der Waals surface area (Å²) in [6.45, 7) is 4.78. The van der Waals surface area contributed by atoms with Crippen molar-refractivity contribution in [2.75, 3.05) is 10.0 Å². The highest BCUT2D eigenvalue weighted by Crippen LogP contribution is 2.23. The SMILES string of the molecule is Cc1cccc(NS(=O)(=O)c2ccc(NC=C3C(=O)OC(C)(C)OC3=O)cc2)c1. The minimum absolute atomic E-state index is 0.0652. The van der Waals surface area contributed by atoms with E-state index in [2.05, 4.69) is 10.0 Å². The number of hydrogen-bond donors (Lipinski definition) is 2. The van der Waals surface area contributed by atoms with E-state index in [0.717, 1.165) is 11.8 Å². The molecule has 0 bridgehead atoms. The standard InChI is InChI=1S/C20H20N2O6S/c1-13-5-4-6-15(11-13)22-29(25,26)16-9-7-14(8-10-16)21-12-17-18(23)27-20(2,3)28-19(17)24/h4-12,21-22H,1-3H3. The highest BCUT2D eigenvalue weighted by molar-refractivity contribution is 7.92. The minimum Gasteiger partial charge on any atom is -0.419 e. The lowest BCUT2D eigenvalue weighted by Gasteiger charge is -2.29. The zero-order chi connectivity index (χ0) is 21.2. The van der Waals surface area contributed by atoms with Gasteiger partial charge < -0.3 is 14.8 Å². The first-order valence-electron chi connectivity index (χ1n) is 8.69. The highest BCUT2D eigenvalue weighted by atomic mass is 32.2. The van der Waals surface area contributed by atoms with E-state index in [1.165, 1.54) is 38.1 Å². The summed E-state index contributed by atoms with van der Waals surface area (Å²) in [5.41, 5.74) is 1.58. The summed E-state index contributed by atoms with van der Waals surface area (Å²) >= 11 is 0. The lowest BCUT2D eigenvalue weighted by molar-refractivity contribution is -0.222. The molecule has 0 aliphatic carbocycles. The molecule has 1 heterocycles. The molecule has 0 aromatic heterocycles. The van der Waals surface area contributed by atoms with E-state index in [1.807, 2.05) is 13.0 Å². The van der Waals surface area contributed by atoms with Crippen LogP contribution in [0.15, 0.2) is 65.2 Å². The van der Waals surface area contributed by atoms with Gasteiger partial charge in [-0.25, -0.2) is 18.0 Å². The van der Waals surface area contributed by atoms with Gasteiger partial charge in [0.15, 0.2) is 5.57 Å². The van der Waals surface area contributed by atoms with Gasteiger partial charge in [-0.15, -0.1) is 0 Å². The number of esters is 2. The van der Waals surface area contributed by atoms with Gasteiger partial charge in [0.25, 0.3) is 15.8 Å². The third kappa shape index (κ3) is 4.94. The van der Waals surface area contributed by atoms with Crippen LogP contribution in [0.4, 0.5) is 11.4 Å². The Labute approximate surface area is 168 Å². The van der Waals surface area contributed by atoms with E-state index < -0.39 is 27.7 Å². The Kier molecular flexibility index (Phi) is 5.34. The number of anilines is 2. The topological polar surface area (TPSA) is 111 Å². The molecule has 1 saturated heterocycles. The molecule has 1 aliphatic heterocycles. The lowest BCUT2D eigenvalue weighted by Crippen LogP contribution is -2.42. The molecule has 2 N–H and O–H groups in total. The van der Waals surface area contributed by atoms with E-state index in [-0.39, 0.29) is 10.5 Å². The third-order valence-electron chi connectivity index (χ3n) is 3.93. The predicted octanol–water partition coefficient (Wildman–Crippen LogP) is 2.93. The number of sulfonamides is 1. The molecule has 0 spiro atoms. The van der Waals surface area contributed by atoms with Crippen molar-refractivity contribution in [1.29, 1.82) is 0 Å². The zero-order valence-corrected chi connectivity index (χ0v) is 16.9. The van der Waals surface area contributed by atoms with Crippen molar-refractivity contribution in [2.45, 2.75) is 31.5 Å². The number of carbonyl (C=O) groups excluding carboxylic acids is 2. The molecule has 1 fully saturated rings. The summed E-state index contributed by atoms with van der Waals surface area (Å²) in [7, 11) is -3.75. The van der Waals surface area contributed by atoms with Crippen LogP contribution in [0.3, 0.4) is 0 Å². The first kappa shape index (κ1) is 20.4. The van der Waals surface area contributed by atoms with Crippen LogP contribution in [0.25, 0.3) is 0 Å². The van der Waals surface area contributed by atoms with E-state index in [4.69, 9.17) is 9.47 Å². The van der Waals surface area contributed by atoms with E-state index in [9.17, 15) is 18.0 Å². The second-order valence-corrected chi connectivity index (χ2v) is 8.56. The largest absolute Gasteiger partial charge is 0.419 e. The molecule has 9 heteroatoms. The fourth-order valence-electron chi connectivity index (χ4n) is 2.59. The van der Waals surface area contributed by atoms with Gasteiger partial charge in [0.1, 0.15) is 0 Å². The Morgan fingerprint density at radius 2 is 1.55 bits per heavy atom. The molecule has 8 nitrogen and oxygen atoms in total. The van der Waals surface area contributed by atoms with Crippen LogP contribution in [-0.4, -0.2) is 26.1 Å². The predicted molar refractivity (Wildman–Crippen MR) is 106 cm³/mol. The molecule has 0 amide bonds. The molecule has 0 radical (unpaired) electrons. The van der Waals surface area contributed by atoms with Gasteiger partial charge in [0, 0.05) is 31.4 Å². The molecular formula is C20H20N2O6S. The molecule has 152 valence electrons. The lowest BCUT2D eigenvalue weighted by atomic mass is 10.2. The van der Waals surface area contributed by atoms with Gasteiger partial charge in [-0.2, -0.15) is 0 Å².